The largest absolute Gasteiger partial charge is 0.366 e. The predicted octanol–water partition coefficient (Wildman–Crippen LogP) is 1.54. The molecule has 2 aliphatic rings. The number of hydrogen-bond acceptors (Lipinski definition) is 4. The van der Waals surface area contributed by atoms with Crippen LogP contribution in [0.5, 0.6) is 0 Å². The number of nitrogens with zero attached hydrogens (tertiary/aromatic N) is 4. The molecule has 23 heavy (non-hydrogen) atoms. The van der Waals surface area contributed by atoms with Crippen LogP contribution in [-0.4, -0.2) is 25.1 Å². The van der Waals surface area contributed by atoms with Gasteiger partial charge in [-0.15, -0.1) is 0 Å². The average Bonchev–Trinajstić information content (AvgIpc) is 2.54. The first-order chi connectivity index (χ1) is 11.1. The highest BCUT2D eigenvalue weighted by Crippen LogP contribution is 2.29. The van der Waals surface area contributed by atoms with Crippen molar-refractivity contribution in [3.05, 3.63) is 47.5 Å². The maximum absolute atomic E-state index is 6.17. The molecular weight excluding hydrogens is 286 g/mol. The van der Waals surface area contributed by atoms with Crippen LogP contribution in [0.4, 0.5) is 11.4 Å². The van der Waals surface area contributed by atoms with Crippen LogP contribution in [0.25, 0.3) is 0 Å². The number of pyridine rings is 2. The Labute approximate surface area is 137 Å². The van der Waals surface area contributed by atoms with Gasteiger partial charge in [-0.05, 0) is 37.0 Å². The topological polar surface area (TPSA) is 49.3 Å². The van der Waals surface area contributed by atoms with E-state index in [4.69, 9.17) is 5.84 Å². The van der Waals surface area contributed by atoms with Crippen LogP contribution in [0, 0.1) is 6.92 Å². The molecule has 0 spiro atoms. The van der Waals surface area contributed by atoms with E-state index in [2.05, 4.69) is 52.9 Å². The van der Waals surface area contributed by atoms with Crippen molar-refractivity contribution >= 4 is 11.4 Å². The van der Waals surface area contributed by atoms with Crippen LogP contribution >= 0.6 is 0 Å². The van der Waals surface area contributed by atoms with E-state index in [-0.39, 0.29) is 0 Å². The average molecular weight is 310 g/mol. The molecule has 1 unspecified atom stereocenters. The van der Waals surface area contributed by atoms with Crippen LogP contribution in [0.3, 0.4) is 0 Å². The molecule has 0 aliphatic carbocycles. The van der Waals surface area contributed by atoms with Gasteiger partial charge < -0.3 is 9.91 Å². The van der Waals surface area contributed by atoms with E-state index in [1.807, 2.05) is 11.2 Å². The standard InChI is InChI=1S/C18H24N5/c1-13-8-15-9-16(11-21(2)17(15)10-20-13)22-7-5-14-4-3-6-23(19)18(14)12-22/h5,7-8,10,12,16H,3-4,6,9,11,19H2,1-2H3/q+1. The first-order valence-corrected chi connectivity index (χ1v) is 8.34. The molecular formula is C18H24N5+. The fourth-order valence-electron chi connectivity index (χ4n) is 3.84. The van der Waals surface area contributed by atoms with Gasteiger partial charge in [-0.3, -0.25) is 4.98 Å². The third kappa shape index (κ3) is 2.55. The van der Waals surface area contributed by atoms with E-state index in [1.165, 1.54) is 22.5 Å². The molecule has 0 bridgehead atoms. The second-order valence-corrected chi connectivity index (χ2v) is 6.79. The molecule has 4 rings (SSSR count). The van der Waals surface area contributed by atoms with E-state index in [0.717, 1.165) is 38.0 Å². The quantitative estimate of drug-likeness (QED) is 0.641. The first-order valence-electron chi connectivity index (χ1n) is 8.34. The number of likely N-dealkylation sites (N-methyl/N-ethyl adjacent to an activating group) is 1. The molecule has 2 aromatic heterocycles. The number of aromatic nitrogens is 2. The van der Waals surface area contributed by atoms with Crippen molar-refractivity contribution in [2.45, 2.75) is 32.2 Å². The predicted molar refractivity (Wildman–Crippen MR) is 91.5 cm³/mol. The maximum Gasteiger partial charge on any atom is 0.194 e. The lowest BCUT2D eigenvalue weighted by Crippen LogP contribution is -2.49. The van der Waals surface area contributed by atoms with Gasteiger partial charge in [0.05, 0.1) is 18.4 Å². The minimum absolute atomic E-state index is 0.426. The zero-order valence-electron chi connectivity index (χ0n) is 13.9. The van der Waals surface area contributed by atoms with Crippen molar-refractivity contribution < 1.29 is 4.57 Å². The van der Waals surface area contributed by atoms with E-state index < -0.39 is 0 Å². The molecule has 2 N–H and O–H groups in total. The molecule has 0 amide bonds. The fraction of sp³-hybridized carbons (Fsp3) is 0.444. The molecule has 2 aromatic rings. The SMILES string of the molecule is Cc1cc2c(cn1)N(C)CC([n+]1ccc3c(c1)N(N)CCC3)C2. The van der Waals surface area contributed by atoms with Crippen LogP contribution in [0.15, 0.2) is 30.7 Å². The molecule has 0 saturated heterocycles. The van der Waals surface area contributed by atoms with Crippen LogP contribution < -0.4 is 20.3 Å². The van der Waals surface area contributed by atoms with Gasteiger partial charge in [0.2, 0.25) is 0 Å². The summed E-state index contributed by atoms with van der Waals surface area (Å²) in [5.74, 6) is 6.17. The van der Waals surface area contributed by atoms with E-state index >= 15 is 0 Å². The summed E-state index contributed by atoms with van der Waals surface area (Å²) >= 11 is 0. The van der Waals surface area contributed by atoms with Gasteiger partial charge in [0, 0.05) is 31.8 Å². The van der Waals surface area contributed by atoms with Crippen molar-refractivity contribution in [3.8, 4) is 0 Å². The second-order valence-electron chi connectivity index (χ2n) is 6.79. The highest BCUT2D eigenvalue weighted by Gasteiger charge is 2.30. The zero-order chi connectivity index (χ0) is 16.0. The number of aryl methyl sites for hydroxylation is 2. The summed E-state index contributed by atoms with van der Waals surface area (Å²) in [4.78, 5) is 6.74. The summed E-state index contributed by atoms with van der Waals surface area (Å²) in [7, 11) is 2.15. The van der Waals surface area contributed by atoms with Crippen molar-refractivity contribution in [3.63, 3.8) is 0 Å². The number of anilines is 2. The Balaban J connectivity index is 1.68. The van der Waals surface area contributed by atoms with Crippen LogP contribution in [-0.2, 0) is 12.8 Å². The number of nitrogens with two attached hydrogens (primary N) is 1. The second kappa shape index (κ2) is 5.49. The van der Waals surface area contributed by atoms with E-state index in [9.17, 15) is 0 Å². The molecule has 1 atom stereocenters. The fourth-order valence-corrected chi connectivity index (χ4v) is 3.84. The highest BCUT2D eigenvalue weighted by atomic mass is 15.4. The lowest BCUT2D eigenvalue weighted by molar-refractivity contribution is -0.720. The lowest BCUT2D eigenvalue weighted by Gasteiger charge is -2.31. The Bertz CT molecular complexity index is 742. The number of hydrogen-bond donors (Lipinski definition) is 1. The van der Waals surface area contributed by atoms with Crippen molar-refractivity contribution in [2.24, 2.45) is 5.84 Å². The summed E-state index contributed by atoms with van der Waals surface area (Å²) in [5, 5.41) is 1.89. The summed E-state index contributed by atoms with van der Waals surface area (Å²) in [6, 6.07) is 4.88. The Morgan fingerprint density at radius 3 is 3.04 bits per heavy atom. The third-order valence-corrected chi connectivity index (χ3v) is 5.08. The monoisotopic (exact) mass is 310 g/mol. The normalized spacial score (nSPS) is 20.2. The Hall–Kier alpha value is -2.14. The van der Waals surface area contributed by atoms with Crippen LogP contribution in [0.1, 0.15) is 29.3 Å². The molecule has 5 nitrogen and oxygen atoms in total. The minimum atomic E-state index is 0.426. The van der Waals surface area contributed by atoms with Gasteiger partial charge >= 0.3 is 0 Å². The van der Waals surface area contributed by atoms with Crippen molar-refractivity contribution in [1.29, 1.82) is 0 Å². The molecule has 4 heterocycles. The lowest BCUT2D eigenvalue weighted by atomic mass is 9.98. The van der Waals surface area contributed by atoms with E-state index in [0.29, 0.717) is 6.04 Å². The summed E-state index contributed by atoms with van der Waals surface area (Å²) in [6.07, 6.45) is 9.75. The van der Waals surface area contributed by atoms with Gasteiger partial charge in [-0.2, -0.15) is 4.57 Å². The maximum atomic E-state index is 6.17. The summed E-state index contributed by atoms with van der Waals surface area (Å²) in [5.41, 5.74) is 6.26. The Morgan fingerprint density at radius 2 is 2.17 bits per heavy atom. The molecule has 120 valence electrons. The summed E-state index contributed by atoms with van der Waals surface area (Å²) < 4.78 is 2.33. The van der Waals surface area contributed by atoms with Gasteiger partial charge in [0.25, 0.3) is 0 Å². The van der Waals surface area contributed by atoms with Gasteiger partial charge in [-0.25, -0.2) is 5.84 Å². The van der Waals surface area contributed by atoms with Crippen molar-refractivity contribution in [2.75, 3.05) is 30.0 Å². The Morgan fingerprint density at radius 1 is 1.30 bits per heavy atom. The number of rotatable bonds is 1. The third-order valence-electron chi connectivity index (χ3n) is 5.08. The first kappa shape index (κ1) is 14.5. The van der Waals surface area contributed by atoms with Gasteiger partial charge in [-0.1, -0.05) is 0 Å². The van der Waals surface area contributed by atoms with E-state index in [1.54, 1.807) is 0 Å². The number of hydrazine groups is 1. The zero-order valence-corrected chi connectivity index (χ0v) is 13.9. The minimum Gasteiger partial charge on any atom is -0.366 e. The molecule has 0 radical (unpaired) electrons. The molecule has 2 aliphatic heterocycles. The molecule has 0 aromatic carbocycles. The molecule has 0 saturated carbocycles. The summed E-state index contributed by atoms with van der Waals surface area (Å²) in [6.45, 7) is 3.99. The highest BCUT2D eigenvalue weighted by molar-refractivity contribution is 5.54. The molecule has 0 fully saturated rings. The smallest absolute Gasteiger partial charge is 0.194 e. The van der Waals surface area contributed by atoms with Gasteiger partial charge in [0.15, 0.2) is 18.4 Å². The molecule has 5 heteroatoms. The van der Waals surface area contributed by atoms with Crippen molar-refractivity contribution in [1.82, 2.24) is 4.98 Å². The van der Waals surface area contributed by atoms with Crippen LogP contribution in [0.2, 0.25) is 0 Å². The van der Waals surface area contributed by atoms with Gasteiger partial charge in [0.1, 0.15) is 5.69 Å². The Kier molecular flexibility index (Phi) is 3.45. The number of fused-ring (bicyclic) bond motifs is 2.